The van der Waals surface area contributed by atoms with Crippen LogP contribution in [-0.2, 0) is 0 Å². The summed E-state index contributed by atoms with van der Waals surface area (Å²) in [5, 5.41) is 2.64. The van der Waals surface area contributed by atoms with Crippen LogP contribution in [0, 0.1) is 0 Å². The van der Waals surface area contributed by atoms with Gasteiger partial charge in [-0.3, -0.25) is 0 Å². The Bertz CT molecular complexity index is 724. The van der Waals surface area contributed by atoms with Crippen molar-refractivity contribution in [1.29, 1.82) is 0 Å². The summed E-state index contributed by atoms with van der Waals surface area (Å²) in [5.74, 6) is 0.672. The minimum atomic E-state index is 0. The SMILES string of the molecule is C[N+]1(C)CCC(c2nc3c(s2)=CC2=CC=CCC=32)C1.[I-]. The van der Waals surface area contributed by atoms with E-state index in [0.717, 1.165) is 10.9 Å². The molecule has 2 aliphatic carbocycles. The predicted octanol–water partition coefficient (Wildman–Crippen LogP) is -1.46. The Morgan fingerprint density at radius 2 is 2.20 bits per heavy atom. The Balaban J connectivity index is 0.00000121. The lowest BCUT2D eigenvalue weighted by molar-refractivity contribution is -0.878. The van der Waals surface area contributed by atoms with Crippen LogP contribution in [0.2, 0.25) is 0 Å². The summed E-state index contributed by atoms with van der Waals surface area (Å²) in [6, 6.07) is 0. The van der Waals surface area contributed by atoms with Crippen LogP contribution in [0.15, 0.2) is 23.8 Å². The number of allylic oxidation sites excluding steroid dienone is 4. The molecule has 1 aromatic heterocycles. The molecule has 4 heteroatoms. The molecular formula is C16H19IN2S. The van der Waals surface area contributed by atoms with Crippen LogP contribution in [-0.4, -0.2) is 36.7 Å². The molecule has 106 valence electrons. The van der Waals surface area contributed by atoms with Gasteiger partial charge in [-0.05, 0) is 23.6 Å². The van der Waals surface area contributed by atoms with E-state index in [1.807, 2.05) is 11.3 Å². The van der Waals surface area contributed by atoms with Crippen molar-refractivity contribution >= 4 is 23.0 Å². The summed E-state index contributed by atoms with van der Waals surface area (Å²) in [5.41, 5.74) is 2.82. The third-order valence-electron chi connectivity index (χ3n) is 4.47. The van der Waals surface area contributed by atoms with E-state index in [4.69, 9.17) is 4.98 Å². The second kappa shape index (κ2) is 5.07. The third-order valence-corrected chi connectivity index (χ3v) is 5.64. The lowest BCUT2D eigenvalue weighted by Crippen LogP contribution is -3.00. The van der Waals surface area contributed by atoms with Crippen molar-refractivity contribution < 1.29 is 28.5 Å². The van der Waals surface area contributed by atoms with Crippen molar-refractivity contribution in [2.24, 2.45) is 0 Å². The van der Waals surface area contributed by atoms with E-state index in [9.17, 15) is 0 Å². The van der Waals surface area contributed by atoms with Gasteiger partial charge in [0.25, 0.3) is 0 Å². The summed E-state index contributed by atoms with van der Waals surface area (Å²) < 4.78 is 2.53. The number of fused-ring (bicyclic) bond motifs is 2. The Morgan fingerprint density at radius 1 is 1.35 bits per heavy atom. The maximum atomic E-state index is 4.99. The summed E-state index contributed by atoms with van der Waals surface area (Å²) in [7, 11) is 4.66. The molecule has 0 saturated carbocycles. The van der Waals surface area contributed by atoms with Gasteiger partial charge in [0.2, 0.25) is 0 Å². The minimum Gasteiger partial charge on any atom is -1.00 e. The van der Waals surface area contributed by atoms with Crippen molar-refractivity contribution in [3.63, 3.8) is 0 Å². The number of hydrogen-bond donors (Lipinski definition) is 0. The summed E-state index contributed by atoms with van der Waals surface area (Å²) in [4.78, 5) is 4.99. The number of likely N-dealkylation sites (tertiary alicyclic amines) is 1. The summed E-state index contributed by atoms with van der Waals surface area (Å²) in [6.07, 6.45) is 11.3. The van der Waals surface area contributed by atoms with E-state index in [-0.39, 0.29) is 24.0 Å². The van der Waals surface area contributed by atoms with Crippen LogP contribution in [0.5, 0.6) is 0 Å². The fraction of sp³-hybridized carbons (Fsp3) is 0.438. The molecule has 0 spiro atoms. The van der Waals surface area contributed by atoms with E-state index in [1.165, 1.54) is 45.5 Å². The molecule has 1 unspecified atom stereocenters. The number of likely N-dealkylation sites (N-methyl/N-ethyl adjacent to an activating group) is 1. The van der Waals surface area contributed by atoms with Crippen molar-refractivity contribution in [2.45, 2.75) is 18.8 Å². The van der Waals surface area contributed by atoms with E-state index < -0.39 is 0 Å². The van der Waals surface area contributed by atoms with E-state index in [0.29, 0.717) is 5.92 Å². The van der Waals surface area contributed by atoms with Crippen LogP contribution < -0.4 is 33.9 Å². The molecule has 1 aromatic rings. The highest BCUT2D eigenvalue weighted by atomic mass is 127. The number of rotatable bonds is 1. The predicted molar refractivity (Wildman–Crippen MR) is 80.3 cm³/mol. The first kappa shape index (κ1) is 14.5. The van der Waals surface area contributed by atoms with Gasteiger partial charge in [0, 0.05) is 6.42 Å². The monoisotopic (exact) mass is 398 g/mol. The maximum absolute atomic E-state index is 4.99. The molecule has 2 heterocycles. The van der Waals surface area contributed by atoms with Gasteiger partial charge in [-0.1, -0.05) is 18.2 Å². The number of nitrogens with zero attached hydrogens (tertiary/aromatic N) is 2. The second-order valence-corrected chi connectivity index (χ2v) is 7.53. The van der Waals surface area contributed by atoms with Crippen LogP contribution in [0.4, 0.5) is 0 Å². The van der Waals surface area contributed by atoms with Crippen LogP contribution >= 0.6 is 11.3 Å². The van der Waals surface area contributed by atoms with Crippen LogP contribution in [0.1, 0.15) is 23.8 Å². The molecule has 1 aliphatic heterocycles. The van der Waals surface area contributed by atoms with Gasteiger partial charge in [-0.25, -0.2) is 4.98 Å². The largest absolute Gasteiger partial charge is 1.00 e. The zero-order valence-electron chi connectivity index (χ0n) is 11.9. The first-order chi connectivity index (χ1) is 9.12. The smallest absolute Gasteiger partial charge is 0.103 e. The molecule has 0 bridgehead atoms. The average molecular weight is 398 g/mol. The number of thiazole rings is 1. The highest BCUT2D eigenvalue weighted by Crippen LogP contribution is 2.31. The highest BCUT2D eigenvalue weighted by molar-refractivity contribution is 7.09. The molecule has 20 heavy (non-hydrogen) atoms. The molecule has 2 nitrogen and oxygen atoms in total. The standard InChI is InChI=1S/C16H19N2S.HI/c1-18(2)8-7-12(10-18)16-17-15-13-6-4-3-5-11(13)9-14(15)19-16;/h3-5,9,12H,6-8,10H2,1-2H3;1H/q+1;/p-1. The summed E-state index contributed by atoms with van der Waals surface area (Å²) >= 11 is 1.92. The molecule has 0 radical (unpaired) electrons. The van der Waals surface area contributed by atoms with Gasteiger partial charge in [0.1, 0.15) is 5.01 Å². The average Bonchev–Trinajstić information content (AvgIpc) is 3.00. The van der Waals surface area contributed by atoms with Gasteiger partial charge in [-0.15, -0.1) is 11.3 Å². The Labute approximate surface area is 140 Å². The fourth-order valence-corrected chi connectivity index (χ4v) is 4.58. The molecule has 1 saturated heterocycles. The zero-order chi connectivity index (χ0) is 13.0. The summed E-state index contributed by atoms with van der Waals surface area (Å²) in [6.45, 7) is 2.52. The topological polar surface area (TPSA) is 12.9 Å². The molecule has 3 aliphatic rings. The van der Waals surface area contributed by atoms with Gasteiger partial charge in [0.15, 0.2) is 0 Å². The lowest BCUT2D eigenvalue weighted by Gasteiger charge is -2.22. The van der Waals surface area contributed by atoms with Gasteiger partial charge in [0.05, 0.1) is 43.0 Å². The number of aromatic nitrogens is 1. The van der Waals surface area contributed by atoms with E-state index in [2.05, 4.69) is 38.4 Å². The molecule has 0 amide bonds. The first-order valence-electron chi connectivity index (χ1n) is 7.03. The molecule has 0 aromatic carbocycles. The zero-order valence-corrected chi connectivity index (χ0v) is 14.9. The Hall–Kier alpha value is -0.460. The molecule has 1 atom stereocenters. The fourth-order valence-electron chi connectivity index (χ4n) is 3.41. The normalized spacial score (nSPS) is 25.6. The second-order valence-electron chi connectivity index (χ2n) is 6.47. The maximum Gasteiger partial charge on any atom is 0.103 e. The quantitative estimate of drug-likeness (QED) is 0.417. The van der Waals surface area contributed by atoms with Crippen molar-refractivity contribution in [2.75, 3.05) is 27.2 Å². The third kappa shape index (κ3) is 2.31. The molecular weight excluding hydrogens is 379 g/mol. The van der Waals surface area contributed by atoms with Crippen LogP contribution in [0.25, 0.3) is 11.6 Å². The van der Waals surface area contributed by atoms with Gasteiger partial charge < -0.3 is 28.5 Å². The van der Waals surface area contributed by atoms with Gasteiger partial charge in [-0.2, -0.15) is 0 Å². The van der Waals surface area contributed by atoms with Crippen LogP contribution in [0.3, 0.4) is 0 Å². The van der Waals surface area contributed by atoms with Crippen molar-refractivity contribution in [3.8, 4) is 0 Å². The van der Waals surface area contributed by atoms with E-state index in [1.54, 1.807) is 0 Å². The number of quaternary nitrogens is 1. The highest BCUT2D eigenvalue weighted by Gasteiger charge is 2.34. The first-order valence-corrected chi connectivity index (χ1v) is 7.85. The van der Waals surface area contributed by atoms with Gasteiger partial charge >= 0.3 is 0 Å². The van der Waals surface area contributed by atoms with Crippen molar-refractivity contribution in [1.82, 2.24) is 4.98 Å². The lowest BCUT2D eigenvalue weighted by atomic mass is 10.0. The molecule has 1 fully saturated rings. The number of hydrogen-bond acceptors (Lipinski definition) is 2. The molecule has 0 N–H and O–H groups in total. The Kier molecular flexibility index (Phi) is 3.67. The van der Waals surface area contributed by atoms with Crippen molar-refractivity contribution in [3.05, 3.63) is 38.7 Å². The number of halogens is 1. The molecule has 4 rings (SSSR count). The van der Waals surface area contributed by atoms with E-state index >= 15 is 0 Å². The Morgan fingerprint density at radius 3 is 2.95 bits per heavy atom. The minimum absolute atomic E-state index is 0.